The van der Waals surface area contributed by atoms with Gasteiger partial charge in [0.15, 0.2) is 0 Å². The summed E-state index contributed by atoms with van der Waals surface area (Å²) in [6.45, 7) is 2.23. The molecular weight excluding hydrogens is 436 g/mol. The molecule has 6 rings (SSSR count). The molecule has 1 aromatic heterocycles. The summed E-state index contributed by atoms with van der Waals surface area (Å²) in [6.07, 6.45) is 7.83. The third-order valence-electron chi connectivity index (χ3n) is 7.83. The maximum atomic E-state index is 9.59. The van der Waals surface area contributed by atoms with Crippen LogP contribution in [0.3, 0.4) is 0 Å². The molecule has 4 aliphatic rings. The highest BCUT2D eigenvalue weighted by Gasteiger charge is 2.54. The number of nitrogens with zero attached hydrogens (tertiary/aromatic N) is 3. The minimum atomic E-state index is 0.198. The van der Waals surface area contributed by atoms with Crippen LogP contribution >= 0.6 is 11.6 Å². The Hall–Kier alpha value is -2.40. The number of rotatable bonds is 9. The van der Waals surface area contributed by atoms with E-state index in [0.29, 0.717) is 53.3 Å². The summed E-state index contributed by atoms with van der Waals surface area (Å²) in [6, 6.07) is 10.4. The van der Waals surface area contributed by atoms with Crippen molar-refractivity contribution in [1.29, 1.82) is 5.26 Å². The largest absolute Gasteiger partial charge is 0.395 e. The third-order valence-corrected chi connectivity index (χ3v) is 8.20. The Kier molecular flexibility index (Phi) is 6.42. The molecule has 1 heterocycles. The van der Waals surface area contributed by atoms with Crippen LogP contribution in [0, 0.1) is 34.5 Å². The molecule has 174 valence electrons. The Labute approximate surface area is 200 Å². The zero-order valence-electron chi connectivity index (χ0n) is 18.7. The first-order valence-electron chi connectivity index (χ1n) is 11.9. The molecule has 4 N–H and O–H groups in total. The van der Waals surface area contributed by atoms with Crippen molar-refractivity contribution in [3.05, 3.63) is 46.6 Å². The molecule has 0 aliphatic heterocycles. The summed E-state index contributed by atoms with van der Waals surface area (Å²) in [4.78, 5) is 8.93. The summed E-state index contributed by atoms with van der Waals surface area (Å²) in [5, 5.41) is 29.9. The van der Waals surface area contributed by atoms with Crippen LogP contribution in [0.2, 0.25) is 5.02 Å². The van der Waals surface area contributed by atoms with Gasteiger partial charge in [-0.3, -0.25) is 0 Å². The Morgan fingerprint density at radius 3 is 2.67 bits per heavy atom. The van der Waals surface area contributed by atoms with Gasteiger partial charge in [0.05, 0.1) is 12.8 Å². The molecule has 4 aliphatic carbocycles. The lowest BCUT2D eigenvalue weighted by atomic mass is 9.48. The summed E-state index contributed by atoms with van der Waals surface area (Å²) < 4.78 is 0. The van der Waals surface area contributed by atoms with E-state index in [-0.39, 0.29) is 12.0 Å². The molecule has 0 amide bonds. The van der Waals surface area contributed by atoms with Gasteiger partial charge in [0, 0.05) is 30.7 Å². The Balaban J connectivity index is 1.26. The first-order valence-corrected chi connectivity index (χ1v) is 12.3. The van der Waals surface area contributed by atoms with Crippen molar-refractivity contribution in [2.45, 2.75) is 44.7 Å². The van der Waals surface area contributed by atoms with Crippen molar-refractivity contribution in [2.24, 2.45) is 23.2 Å². The fourth-order valence-electron chi connectivity index (χ4n) is 6.74. The molecule has 2 aromatic rings. The predicted octanol–water partition coefficient (Wildman–Crippen LogP) is 3.80. The fourth-order valence-corrected chi connectivity index (χ4v) is 6.95. The maximum Gasteiger partial charge on any atom is 0.224 e. The van der Waals surface area contributed by atoms with Crippen LogP contribution in [0.4, 0.5) is 11.8 Å². The van der Waals surface area contributed by atoms with Crippen LogP contribution in [0.5, 0.6) is 0 Å². The van der Waals surface area contributed by atoms with Gasteiger partial charge in [-0.15, -0.1) is 0 Å². The first kappa shape index (κ1) is 22.4. The zero-order valence-corrected chi connectivity index (χ0v) is 19.5. The number of anilines is 2. The molecule has 7 nitrogen and oxygen atoms in total. The van der Waals surface area contributed by atoms with E-state index in [0.717, 1.165) is 18.0 Å². The van der Waals surface area contributed by atoms with Gasteiger partial charge in [0.25, 0.3) is 0 Å². The van der Waals surface area contributed by atoms with E-state index < -0.39 is 0 Å². The number of aromatic nitrogens is 2. The molecule has 4 bridgehead atoms. The molecule has 33 heavy (non-hydrogen) atoms. The summed E-state index contributed by atoms with van der Waals surface area (Å²) in [5.74, 6) is 3.23. The van der Waals surface area contributed by atoms with Crippen LogP contribution in [0.1, 0.15) is 43.2 Å². The number of halogens is 1. The minimum absolute atomic E-state index is 0.198. The van der Waals surface area contributed by atoms with Crippen LogP contribution in [0.25, 0.3) is 0 Å². The van der Waals surface area contributed by atoms with Crippen LogP contribution < -0.4 is 16.0 Å². The molecule has 4 fully saturated rings. The lowest BCUT2D eigenvalue weighted by Gasteiger charge is -2.60. The van der Waals surface area contributed by atoms with Crippen molar-refractivity contribution in [3.63, 3.8) is 0 Å². The Bertz CT molecular complexity index is 1020. The standard InChI is InChI=1S/C25H31ClN6O/c26-21-4-2-1-3-17(21)13-29-24-30-14-20(12-27)23(32-24)31-15-25-9-16-7-18(10-25)22(28-5-6-33)19(8-16)11-25/h1-4,14,16,18-19,22,28,33H,5-11,13,15H2,(H2,29,30,31,32)/t16?,18-,19+,22?,25?. The van der Waals surface area contributed by atoms with E-state index in [9.17, 15) is 10.4 Å². The topological polar surface area (TPSA) is 106 Å². The second-order valence-corrected chi connectivity index (χ2v) is 10.4. The van der Waals surface area contributed by atoms with Crippen molar-refractivity contribution >= 4 is 23.4 Å². The number of hydrogen-bond acceptors (Lipinski definition) is 7. The number of aliphatic hydroxyl groups excluding tert-OH is 1. The lowest BCUT2D eigenvalue weighted by molar-refractivity contribution is -0.0698. The number of nitrogens with one attached hydrogen (secondary N) is 3. The van der Waals surface area contributed by atoms with E-state index >= 15 is 0 Å². The third kappa shape index (κ3) is 4.65. The SMILES string of the molecule is N#Cc1cnc(NCc2ccccc2Cl)nc1NCC12CC3C[C@H](C1)C(NCCO)[C@@H](C3)C2. The van der Waals surface area contributed by atoms with Gasteiger partial charge in [-0.2, -0.15) is 10.2 Å². The van der Waals surface area contributed by atoms with Gasteiger partial charge < -0.3 is 21.1 Å². The Morgan fingerprint density at radius 1 is 1.15 bits per heavy atom. The van der Waals surface area contributed by atoms with E-state index in [1.54, 1.807) is 6.20 Å². The summed E-state index contributed by atoms with van der Waals surface area (Å²) in [7, 11) is 0. The quantitative estimate of drug-likeness (QED) is 0.445. The van der Waals surface area contributed by atoms with Crippen LogP contribution in [-0.2, 0) is 6.54 Å². The van der Waals surface area contributed by atoms with Crippen LogP contribution in [-0.4, -0.2) is 40.8 Å². The van der Waals surface area contributed by atoms with Crippen LogP contribution in [0.15, 0.2) is 30.5 Å². The summed E-state index contributed by atoms with van der Waals surface area (Å²) >= 11 is 6.25. The molecule has 0 radical (unpaired) electrons. The number of benzene rings is 1. The summed E-state index contributed by atoms with van der Waals surface area (Å²) in [5.41, 5.74) is 1.70. The average molecular weight is 467 g/mol. The van der Waals surface area contributed by atoms with Gasteiger partial charge in [0.2, 0.25) is 5.95 Å². The lowest BCUT2D eigenvalue weighted by Crippen LogP contribution is -2.60. The molecule has 8 heteroatoms. The molecular formula is C25H31ClN6O. The predicted molar refractivity (Wildman–Crippen MR) is 129 cm³/mol. The number of hydrogen-bond donors (Lipinski definition) is 4. The highest BCUT2D eigenvalue weighted by molar-refractivity contribution is 6.31. The molecule has 4 saturated carbocycles. The van der Waals surface area contributed by atoms with Gasteiger partial charge in [0.1, 0.15) is 17.5 Å². The minimum Gasteiger partial charge on any atom is -0.395 e. The van der Waals surface area contributed by atoms with Crippen molar-refractivity contribution in [1.82, 2.24) is 15.3 Å². The molecule has 0 spiro atoms. The first-order chi connectivity index (χ1) is 16.1. The molecule has 0 saturated heterocycles. The van der Waals surface area contributed by atoms with Gasteiger partial charge >= 0.3 is 0 Å². The molecule has 3 unspecified atom stereocenters. The second-order valence-electron chi connectivity index (χ2n) is 10.0. The van der Waals surface area contributed by atoms with E-state index in [1.165, 1.54) is 32.1 Å². The second kappa shape index (κ2) is 9.46. The molecule has 1 aromatic carbocycles. The van der Waals surface area contributed by atoms with Gasteiger partial charge in [-0.25, -0.2) is 4.98 Å². The number of aliphatic hydroxyl groups is 1. The smallest absolute Gasteiger partial charge is 0.224 e. The average Bonchev–Trinajstić information content (AvgIpc) is 2.81. The van der Waals surface area contributed by atoms with Crippen molar-refractivity contribution < 1.29 is 5.11 Å². The highest BCUT2D eigenvalue weighted by Crippen LogP contribution is 2.60. The van der Waals surface area contributed by atoms with Crippen molar-refractivity contribution in [3.8, 4) is 6.07 Å². The highest BCUT2D eigenvalue weighted by atomic mass is 35.5. The Morgan fingerprint density at radius 2 is 1.94 bits per heavy atom. The molecule has 5 atom stereocenters. The fraction of sp³-hybridized carbons (Fsp3) is 0.560. The maximum absolute atomic E-state index is 9.59. The van der Waals surface area contributed by atoms with Crippen molar-refractivity contribution in [2.75, 3.05) is 30.3 Å². The van der Waals surface area contributed by atoms with E-state index in [2.05, 4.69) is 32.0 Å². The van der Waals surface area contributed by atoms with Gasteiger partial charge in [-0.05, 0) is 66.9 Å². The number of nitriles is 1. The zero-order chi connectivity index (χ0) is 22.8. The van der Waals surface area contributed by atoms with E-state index in [4.69, 9.17) is 11.6 Å². The van der Waals surface area contributed by atoms with Gasteiger partial charge in [-0.1, -0.05) is 29.8 Å². The normalized spacial score (nSPS) is 29.6. The monoisotopic (exact) mass is 466 g/mol. The van der Waals surface area contributed by atoms with E-state index in [1.807, 2.05) is 24.3 Å².